The molecule has 0 radical (unpaired) electrons. The average molecular weight is 257 g/mol. The highest BCUT2D eigenvalue weighted by molar-refractivity contribution is 7.09. The van der Waals surface area contributed by atoms with Crippen LogP contribution < -0.4 is 5.32 Å². The van der Waals surface area contributed by atoms with E-state index in [4.69, 9.17) is 4.74 Å². The van der Waals surface area contributed by atoms with E-state index < -0.39 is 6.10 Å². The van der Waals surface area contributed by atoms with Gasteiger partial charge in [0.2, 0.25) is 0 Å². The minimum Gasteiger partial charge on any atom is -0.389 e. The second-order valence-electron chi connectivity index (χ2n) is 4.61. The second kappa shape index (κ2) is 8.64. The van der Waals surface area contributed by atoms with E-state index in [1.165, 1.54) is 4.88 Å². The van der Waals surface area contributed by atoms with Crippen molar-refractivity contribution >= 4 is 11.3 Å². The van der Waals surface area contributed by atoms with Gasteiger partial charge < -0.3 is 15.2 Å². The summed E-state index contributed by atoms with van der Waals surface area (Å²) in [7, 11) is 0. The van der Waals surface area contributed by atoms with Gasteiger partial charge in [-0.2, -0.15) is 0 Å². The molecule has 3 nitrogen and oxygen atoms in total. The van der Waals surface area contributed by atoms with Crippen molar-refractivity contribution in [2.75, 3.05) is 26.3 Å². The smallest absolute Gasteiger partial charge is 0.0897 e. The van der Waals surface area contributed by atoms with Crippen LogP contribution in [0.4, 0.5) is 0 Å². The summed E-state index contributed by atoms with van der Waals surface area (Å²) in [4.78, 5) is 1.33. The molecule has 0 saturated heterocycles. The van der Waals surface area contributed by atoms with Crippen molar-refractivity contribution < 1.29 is 9.84 Å². The average Bonchev–Trinajstić information content (AvgIpc) is 2.76. The van der Waals surface area contributed by atoms with Gasteiger partial charge in [0.05, 0.1) is 19.3 Å². The Hall–Kier alpha value is -0.420. The van der Waals surface area contributed by atoms with Crippen LogP contribution in [0.2, 0.25) is 0 Å². The Morgan fingerprint density at radius 3 is 2.88 bits per heavy atom. The van der Waals surface area contributed by atoms with Crippen LogP contribution in [0.25, 0.3) is 0 Å². The summed E-state index contributed by atoms with van der Waals surface area (Å²) in [6, 6.07) is 4.15. The summed E-state index contributed by atoms with van der Waals surface area (Å²) in [6.07, 6.45) is 0.529. The molecule has 0 fully saturated rings. The van der Waals surface area contributed by atoms with E-state index in [0.717, 1.165) is 13.0 Å². The maximum Gasteiger partial charge on any atom is 0.0897 e. The van der Waals surface area contributed by atoms with Gasteiger partial charge in [-0.25, -0.2) is 0 Å². The molecule has 1 aromatic heterocycles. The van der Waals surface area contributed by atoms with Gasteiger partial charge in [0.25, 0.3) is 0 Å². The first-order valence-corrected chi connectivity index (χ1v) is 7.05. The topological polar surface area (TPSA) is 41.5 Å². The number of ether oxygens (including phenoxy) is 1. The molecule has 1 aromatic rings. The van der Waals surface area contributed by atoms with Gasteiger partial charge >= 0.3 is 0 Å². The molecule has 1 rings (SSSR count). The van der Waals surface area contributed by atoms with Gasteiger partial charge in [0, 0.05) is 17.8 Å². The standard InChI is InChI=1S/C13H23NO2S/c1-11(2)8-14-9-12(15)10-16-6-5-13-4-3-7-17-13/h3-4,7,11-12,14-15H,5-6,8-10H2,1-2H3. The summed E-state index contributed by atoms with van der Waals surface area (Å²) in [5.41, 5.74) is 0. The molecular formula is C13H23NO2S. The maximum atomic E-state index is 9.63. The Labute approximate surface area is 108 Å². The highest BCUT2D eigenvalue weighted by Gasteiger charge is 2.04. The Morgan fingerprint density at radius 1 is 1.41 bits per heavy atom. The third-order valence-electron chi connectivity index (χ3n) is 2.32. The molecule has 1 unspecified atom stereocenters. The molecule has 0 aliphatic carbocycles. The fourth-order valence-electron chi connectivity index (χ4n) is 1.44. The molecule has 0 spiro atoms. The normalized spacial score (nSPS) is 13.2. The van der Waals surface area contributed by atoms with E-state index in [1.54, 1.807) is 11.3 Å². The fraction of sp³-hybridized carbons (Fsp3) is 0.692. The molecule has 17 heavy (non-hydrogen) atoms. The van der Waals surface area contributed by atoms with Crippen molar-refractivity contribution in [2.45, 2.75) is 26.4 Å². The zero-order valence-corrected chi connectivity index (χ0v) is 11.5. The molecular weight excluding hydrogens is 234 g/mol. The fourth-order valence-corrected chi connectivity index (χ4v) is 2.13. The number of nitrogens with one attached hydrogen (secondary N) is 1. The maximum absolute atomic E-state index is 9.63. The third kappa shape index (κ3) is 7.49. The third-order valence-corrected chi connectivity index (χ3v) is 3.25. The number of rotatable bonds is 9. The second-order valence-corrected chi connectivity index (χ2v) is 5.64. The van der Waals surface area contributed by atoms with Crippen LogP contribution >= 0.6 is 11.3 Å². The minimum atomic E-state index is -0.405. The van der Waals surface area contributed by atoms with E-state index in [0.29, 0.717) is 25.7 Å². The Morgan fingerprint density at radius 2 is 2.24 bits per heavy atom. The monoisotopic (exact) mass is 257 g/mol. The quantitative estimate of drug-likeness (QED) is 0.664. The summed E-state index contributed by atoms with van der Waals surface area (Å²) in [5.74, 6) is 0.613. The molecule has 0 aliphatic rings. The lowest BCUT2D eigenvalue weighted by Crippen LogP contribution is -2.32. The molecule has 0 aliphatic heterocycles. The predicted molar refractivity (Wildman–Crippen MR) is 72.6 cm³/mol. The Bertz CT molecular complexity index is 275. The van der Waals surface area contributed by atoms with Crippen molar-refractivity contribution in [3.8, 4) is 0 Å². The van der Waals surface area contributed by atoms with Crippen LogP contribution in [-0.4, -0.2) is 37.5 Å². The van der Waals surface area contributed by atoms with E-state index in [-0.39, 0.29) is 0 Å². The number of aliphatic hydroxyl groups excluding tert-OH is 1. The summed E-state index contributed by atoms with van der Waals surface area (Å²) >= 11 is 1.74. The lowest BCUT2D eigenvalue weighted by Gasteiger charge is -2.13. The van der Waals surface area contributed by atoms with E-state index >= 15 is 0 Å². The molecule has 4 heteroatoms. The van der Waals surface area contributed by atoms with Crippen molar-refractivity contribution in [3.63, 3.8) is 0 Å². The minimum absolute atomic E-state index is 0.405. The van der Waals surface area contributed by atoms with Gasteiger partial charge in [0.1, 0.15) is 0 Å². The molecule has 1 atom stereocenters. The van der Waals surface area contributed by atoms with Crippen LogP contribution in [0.3, 0.4) is 0 Å². The predicted octanol–water partition coefficient (Wildman–Crippen LogP) is 1.91. The number of aliphatic hydroxyl groups is 1. The van der Waals surface area contributed by atoms with Gasteiger partial charge in [0.15, 0.2) is 0 Å². The summed E-state index contributed by atoms with van der Waals surface area (Å²) in [5, 5.41) is 14.9. The van der Waals surface area contributed by atoms with Crippen LogP contribution in [0, 0.1) is 5.92 Å². The van der Waals surface area contributed by atoms with Crippen LogP contribution in [0.1, 0.15) is 18.7 Å². The molecule has 98 valence electrons. The first kappa shape index (κ1) is 14.6. The lowest BCUT2D eigenvalue weighted by molar-refractivity contribution is 0.0383. The van der Waals surface area contributed by atoms with E-state index in [9.17, 15) is 5.11 Å². The number of hydrogen-bond donors (Lipinski definition) is 2. The SMILES string of the molecule is CC(C)CNCC(O)COCCc1cccs1. The zero-order valence-electron chi connectivity index (χ0n) is 10.7. The van der Waals surface area contributed by atoms with Crippen LogP contribution in [0.5, 0.6) is 0 Å². The number of hydrogen-bond acceptors (Lipinski definition) is 4. The van der Waals surface area contributed by atoms with Crippen LogP contribution in [-0.2, 0) is 11.2 Å². The van der Waals surface area contributed by atoms with Crippen molar-refractivity contribution in [2.24, 2.45) is 5.92 Å². The molecule has 1 heterocycles. The molecule has 0 aromatic carbocycles. The zero-order chi connectivity index (χ0) is 12.5. The van der Waals surface area contributed by atoms with Gasteiger partial charge in [-0.3, -0.25) is 0 Å². The highest BCUT2D eigenvalue weighted by Crippen LogP contribution is 2.08. The number of thiophene rings is 1. The van der Waals surface area contributed by atoms with E-state index in [1.807, 2.05) is 6.07 Å². The Kier molecular flexibility index (Phi) is 7.44. The largest absolute Gasteiger partial charge is 0.389 e. The van der Waals surface area contributed by atoms with Crippen LogP contribution in [0.15, 0.2) is 17.5 Å². The Balaban J connectivity index is 1.95. The van der Waals surface area contributed by atoms with E-state index in [2.05, 4.69) is 30.6 Å². The van der Waals surface area contributed by atoms with Crippen molar-refractivity contribution in [3.05, 3.63) is 22.4 Å². The van der Waals surface area contributed by atoms with Crippen molar-refractivity contribution in [1.82, 2.24) is 5.32 Å². The summed E-state index contributed by atoms with van der Waals surface area (Å²) < 4.78 is 5.44. The highest BCUT2D eigenvalue weighted by atomic mass is 32.1. The van der Waals surface area contributed by atoms with Crippen molar-refractivity contribution in [1.29, 1.82) is 0 Å². The molecule has 0 amide bonds. The molecule has 0 saturated carbocycles. The lowest BCUT2D eigenvalue weighted by atomic mass is 10.2. The van der Waals surface area contributed by atoms with Gasteiger partial charge in [-0.1, -0.05) is 19.9 Å². The molecule has 2 N–H and O–H groups in total. The first-order valence-electron chi connectivity index (χ1n) is 6.17. The van der Waals surface area contributed by atoms with Gasteiger partial charge in [-0.05, 0) is 23.9 Å². The van der Waals surface area contributed by atoms with Gasteiger partial charge in [-0.15, -0.1) is 11.3 Å². The molecule has 0 bridgehead atoms. The summed E-state index contributed by atoms with van der Waals surface area (Å²) in [6.45, 7) is 6.94. The first-order chi connectivity index (χ1) is 8.18.